The van der Waals surface area contributed by atoms with Gasteiger partial charge in [-0.05, 0) is 42.0 Å². The van der Waals surface area contributed by atoms with Gasteiger partial charge in [-0.25, -0.2) is 8.78 Å². The first-order chi connectivity index (χ1) is 14.5. The van der Waals surface area contributed by atoms with Crippen LogP contribution in [0.15, 0.2) is 78.6 Å². The van der Waals surface area contributed by atoms with Crippen molar-refractivity contribution in [3.63, 3.8) is 0 Å². The number of hydrogen-bond donors (Lipinski definition) is 1. The van der Waals surface area contributed by atoms with Crippen LogP contribution in [-0.2, 0) is 16.1 Å². The zero-order valence-corrected chi connectivity index (χ0v) is 15.6. The van der Waals surface area contributed by atoms with E-state index in [9.17, 15) is 23.5 Å². The molecule has 4 rings (SSSR count). The lowest BCUT2D eigenvalue weighted by Gasteiger charge is -2.25. The first kappa shape index (κ1) is 19.4. The Morgan fingerprint density at radius 1 is 1.00 bits per heavy atom. The summed E-state index contributed by atoms with van der Waals surface area (Å²) in [6, 6.07) is 12.8. The van der Waals surface area contributed by atoms with Gasteiger partial charge in [0.15, 0.2) is 0 Å². The van der Waals surface area contributed by atoms with Crippen molar-refractivity contribution >= 4 is 17.4 Å². The maximum atomic E-state index is 14.7. The molecule has 1 atom stereocenters. The van der Waals surface area contributed by atoms with Gasteiger partial charge in [0.2, 0.25) is 0 Å². The summed E-state index contributed by atoms with van der Waals surface area (Å²) in [7, 11) is 0. The fourth-order valence-corrected chi connectivity index (χ4v) is 3.51. The Balaban J connectivity index is 1.88. The third-order valence-electron chi connectivity index (χ3n) is 4.93. The molecular formula is C23H16F2N2O3. The molecule has 2 heterocycles. The minimum atomic E-state index is -1.14. The summed E-state index contributed by atoms with van der Waals surface area (Å²) in [5, 5.41) is 10.8. The maximum absolute atomic E-state index is 14.7. The lowest BCUT2D eigenvalue weighted by molar-refractivity contribution is -0.140. The van der Waals surface area contributed by atoms with Crippen LogP contribution in [0.4, 0.5) is 8.78 Å². The van der Waals surface area contributed by atoms with E-state index in [1.165, 1.54) is 41.4 Å². The summed E-state index contributed by atoms with van der Waals surface area (Å²) in [6.07, 6.45) is 3.11. The highest BCUT2D eigenvalue weighted by Crippen LogP contribution is 2.41. The van der Waals surface area contributed by atoms with Crippen LogP contribution in [0.25, 0.3) is 5.76 Å². The van der Waals surface area contributed by atoms with Gasteiger partial charge in [-0.1, -0.05) is 24.3 Å². The van der Waals surface area contributed by atoms with Crippen LogP contribution in [0.1, 0.15) is 22.7 Å². The Kier molecular flexibility index (Phi) is 5.10. The molecule has 1 aliphatic rings. The van der Waals surface area contributed by atoms with E-state index < -0.39 is 35.1 Å². The van der Waals surface area contributed by atoms with Crippen molar-refractivity contribution in [1.29, 1.82) is 0 Å². The topological polar surface area (TPSA) is 70.5 Å². The van der Waals surface area contributed by atoms with E-state index in [0.717, 1.165) is 12.1 Å². The predicted molar refractivity (Wildman–Crippen MR) is 105 cm³/mol. The zero-order chi connectivity index (χ0) is 21.3. The number of hydrogen-bond acceptors (Lipinski definition) is 4. The molecule has 2 aromatic carbocycles. The molecule has 3 aromatic rings. The number of Topliss-reactive ketones (excluding diaryl/α,β-unsaturated/α-hetero) is 1. The molecule has 1 saturated heterocycles. The Labute approximate surface area is 170 Å². The number of benzene rings is 2. The number of aromatic nitrogens is 1. The minimum Gasteiger partial charge on any atom is -0.507 e. The normalized spacial score (nSPS) is 18.1. The Bertz CT molecular complexity index is 1140. The van der Waals surface area contributed by atoms with Crippen molar-refractivity contribution in [2.75, 3.05) is 0 Å². The van der Waals surface area contributed by atoms with Crippen LogP contribution in [-0.4, -0.2) is 26.7 Å². The molecule has 0 spiro atoms. The molecule has 0 unspecified atom stereocenters. The quantitative estimate of drug-likeness (QED) is 0.404. The second-order valence-electron chi connectivity index (χ2n) is 6.82. The second-order valence-corrected chi connectivity index (χ2v) is 6.82. The van der Waals surface area contributed by atoms with Crippen molar-refractivity contribution in [1.82, 2.24) is 9.88 Å². The molecule has 1 N–H and O–H groups in total. The van der Waals surface area contributed by atoms with Crippen molar-refractivity contribution in [2.45, 2.75) is 12.6 Å². The van der Waals surface area contributed by atoms with E-state index in [1.54, 1.807) is 24.4 Å². The molecule has 1 fully saturated rings. The summed E-state index contributed by atoms with van der Waals surface area (Å²) < 4.78 is 28.0. The number of aliphatic hydroxyl groups is 1. The summed E-state index contributed by atoms with van der Waals surface area (Å²) in [6.45, 7) is -0.00237. The Morgan fingerprint density at radius 2 is 1.73 bits per heavy atom. The highest BCUT2D eigenvalue weighted by atomic mass is 19.1. The zero-order valence-electron chi connectivity index (χ0n) is 15.6. The number of rotatable bonds is 4. The summed E-state index contributed by atoms with van der Waals surface area (Å²) in [4.78, 5) is 30.9. The third kappa shape index (κ3) is 3.45. The molecule has 1 aliphatic heterocycles. The number of halogens is 2. The molecule has 7 heteroatoms. The number of nitrogens with zero attached hydrogens (tertiary/aromatic N) is 2. The Hall–Kier alpha value is -3.87. The summed E-state index contributed by atoms with van der Waals surface area (Å²) >= 11 is 0. The lowest BCUT2D eigenvalue weighted by atomic mass is 9.95. The number of pyridine rings is 1. The number of ketones is 1. The van der Waals surface area contributed by atoms with Crippen molar-refractivity contribution in [3.8, 4) is 0 Å². The average molecular weight is 406 g/mol. The number of carbonyl (C=O) groups excluding carboxylic acids is 2. The van der Waals surface area contributed by atoms with Crippen LogP contribution >= 0.6 is 0 Å². The van der Waals surface area contributed by atoms with Crippen molar-refractivity contribution < 1.29 is 23.5 Å². The summed E-state index contributed by atoms with van der Waals surface area (Å²) in [5.74, 6) is -3.43. The van der Waals surface area contributed by atoms with Gasteiger partial charge in [-0.2, -0.15) is 0 Å². The number of aliphatic hydroxyl groups excluding tert-OH is 1. The van der Waals surface area contributed by atoms with Crippen molar-refractivity contribution in [2.24, 2.45) is 0 Å². The molecule has 5 nitrogen and oxygen atoms in total. The van der Waals surface area contributed by atoms with Crippen LogP contribution < -0.4 is 0 Å². The third-order valence-corrected chi connectivity index (χ3v) is 4.93. The monoisotopic (exact) mass is 406 g/mol. The fourth-order valence-electron chi connectivity index (χ4n) is 3.51. The molecular weight excluding hydrogens is 390 g/mol. The number of carbonyl (C=O) groups is 2. The van der Waals surface area contributed by atoms with Gasteiger partial charge in [0, 0.05) is 30.1 Å². The smallest absolute Gasteiger partial charge is 0.295 e. The maximum Gasteiger partial charge on any atom is 0.295 e. The SMILES string of the molecule is O=C1C(=O)N(Cc2cccnc2)[C@H](c2ccccc2F)/C1=C(\O)c1ccc(F)cc1. The van der Waals surface area contributed by atoms with Gasteiger partial charge < -0.3 is 10.0 Å². The molecule has 0 bridgehead atoms. The first-order valence-corrected chi connectivity index (χ1v) is 9.15. The van der Waals surface area contributed by atoms with E-state index in [1.807, 2.05) is 0 Å². The van der Waals surface area contributed by atoms with Gasteiger partial charge in [0.25, 0.3) is 11.7 Å². The first-order valence-electron chi connectivity index (χ1n) is 9.15. The molecule has 0 saturated carbocycles. The second kappa shape index (κ2) is 7.87. The highest BCUT2D eigenvalue weighted by molar-refractivity contribution is 6.46. The van der Waals surface area contributed by atoms with Gasteiger partial charge in [-0.15, -0.1) is 0 Å². The van der Waals surface area contributed by atoms with Crippen LogP contribution in [0.3, 0.4) is 0 Å². The fraction of sp³-hybridized carbons (Fsp3) is 0.0870. The summed E-state index contributed by atoms with van der Waals surface area (Å²) in [5.41, 5.74) is 0.615. The van der Waals surface area contributed by atoms with Crippen LogP contribution in [0, 0.1) is 11.6 Å². The lowest BCUT2D eigenvalue weighted by Crippen LogP contribution is -2.29. The average Bonchev–Trinajstić information content (AvgIpc) is 3.00. The minimum absolute atomic E-state index is 0.00237. The standard InChI is InChI=1S/C23H16F2N2O3/c24-16-9-7-15(8-10-16)21(28)19-20(17-5-1-2-6-18(17)25)27(23(30)22(19)29)13-14-4-3-11-26-12-14/h1-12,20,28H,13H2/b21-19+/t20-/m1/s1. The highest BCUT2D eigenvalue weighted by Gasteiger charge is 2.46. The molecule has 1 amide bonds. The molecule has 150 valence electrons. The molecule has 30 heavy (non-hydrogen) atoms. The van der Waals surface area contributed by atoms with Gasteiger partial charge in [0.1, 0.15) is 17.4 Å². The number of likely N-dealkylation sites (tertiary alicyclic amines) is 1. The van der Waals surface area contributed by atoms with Gasteiger partial charge >= 0.3 is 0 Å². The van der Waals surface area contributed by atoms with E-state index in [4.69, 9.17) is 0 Å². The van der Waals surface area contributed by atoms with Gasteiger partial charge in [0.05, 0.1) is 11.6 Å². The number of amides is 1. The predicted octanol–water partition coefficient (Wildman–Crippen LogP) is 3.98. The van der Waals surface area contributed by atoms with E-state index in [2.05, 4.69) is 4.98 Å². The largest absolute Gasteiger partial charge is 0.507 e. The van der Waals surface area contributed by atoms with E-state index in [-0.39, 0.29) is 23.2 Å². The molecule has 0 aliphatic carbocycles. The van der Waals surface area contributed by atoms with E-state index in [0.29, 0.717) is 5.56 Å². The van der Waals surface area contributed by atoms with E-state index >= 15 is 0 Å². The van der Waals surface area contributed by atoms with Crippen molar-refractivity contribution in [3.05, 3.63) is 107 Å². The van der Waals surface area contributed by atoms with Crippen LogP contribution in [0.5, 0.6) is 0 Å². The van der Waals surface area contributed by atoms with Crippen LogP contribution in [0.2, 0.25) is 0 Å². The molecule has 0 radical (unpaired) electrons. The molecule has 1 aromatic heterocycles. The Morgan fingerprint density at radius 3 is 2.40 bits per heavy atom. The van der Waals surface area contributed by atoms with Gasteiger partial charge in [-0.3, -0.25) is 14.6 Å².